The monoisotopic (exact) mass is 340 g/mol. The first-order chi connectivity index (χ1) is 9.61. The molecule has 0 aliphatic carbocycles. The van der Waals surface area contributed by atoms with Gasteiger partial charge in [-0.1, -0.05) is 0 Å². The Hall–Kier alpha value is -1.18. The van der Waals surface area contributed by atoms with Gasteiger partial charge < -0.3 is 14.2 Å². The molecule has 0 amide bonds. The minimum absolute atomic E-state index is 0.418. The van der Waals surface area contributed by atoms with Crippen LogP contribution in [-0.2, 0) is 6.54 Å². The first kappa shape index (κ1) is 13.8. The van der Waals surface area contributed by atoms with Gasteiger partial charge in [0.15, 0.2) is 10.4 Å². The highest BCUT2D eigenvalue weighted by Crippen LogP contribution is 2.24. The molecule has 2 unspecified atom stereocenters. The van der Waals surface area contributed by atoms with E-state index in [0.29, 0.717) is 40.8 Å². The van der Waals surface area contributed by atoms with E-state index in [2.05, 4.69) is 50.2 Å². The van der Waals surface area contributed by atoms with Crippen LogP contribution in [0.4, 0.5) is 0 Å². The number of hydrogen-bond acceptors (Lipinski definition) is 6. The van der Waals surface area contributed by atoms with Gasteiger partial charge in [-0.2, -0.15) is 0 Å². The largest absolute Gasteiger partial charge is 0.444 e. The maximum atomic E-state index is 5.67. The fourth-order valence-corrected chi connectivity index (χ4v) is 2.64. The van der Waals surface area contributed by atoms with Gasteiger partial charge in [0.2, 0.25) is 5.89 Å². The van der Waals surface area contributed by atoms with Crippen LogP contribution in [0.15, 0.2) is 25.6 Å². The van der Waals surface area contributed by atoms with Gasteiger partial charge in [0, 0.05) is 25.2 Å². The van der Waals surface area contributed by atoms with E-state index in [1.54, 1.807) is 12.1 Å². The average molecular weight is 341 g/mol. The van der Waals surface area contributed by atoms with Crippen LogP contribution in [0.3, 0.4) is 0 Å². The summed E-state index contributed by atoms with van der Waals surface area (Å²) in [4.78, 5) is 2.34. The Labute approximate surface area is 125 Å². The summed E-state index contributed by atoms with van der Waals surface area (Å²) >= 11 is 3.26. The second-order valence-electron chi connectivity index (χ2n) is 5.19. The fraction of sp³-hybridized carbons (Fsp3) is 0.538. The molecule has 3 rings (SSSR count). The summed E-state index contributed by atoms with van der Waals surface area (Å²) in [5.74, 6) is 1.62. The van der Waals surface area contributed by atoms with Crippen molar-refractivity contribution in [1.82, 2.24) is 20.4 Å². The van der Waals surface area contributed by atoms with Crippen molar-refractivity contribution in [3.63, 3.8) is 0 Å². The third kappa shape index (κ3) is 2.94. The molecule has 3 heterocycles. The number of aromatic nitrogens is 2. The van der Waals surface area contributed by atoms with Gasteiger partial charge in [0.05, 0.1) is 6.54 Å². The van der Waals surface area contributed by atoms with Crippen LogP contribution < -0.4 is 5.32 Å². The molecule has 2 aromatic heterocycles. The Morgan fingerprint density at radius 3 is 2.95 bits per heavy atom. The number of hydrogen-bond donors (Lipinski definition) is 1. The van der Waals surface area contributed by atoms with E-state index in [-0.39, 0.29) is 0 Å². The molecule has 1 aliphatic rings. The molecule has 0 aromatic carbocycles. The smallest absolute Gasteiger partial charge is 0.283 e. The first-order valence-electron chi connectivity index (χ1n) is 6.67. The summed E-state index contributed by atoms with van der Waals surface area (Å²) in [6, 6.07) is 4.55. The quantitative estimate of drug-likeness (QED) is 0.924. The van der Waals surface area contributed by atoms with Crippen molar-refractivity contribution >= 4 is 15.9 Å². The predicted molar refractivity (Wildman–Crippen MR) is 77.0 cm³/mol. The summed E-state index contributed by atoms with van der Waals surface area (Å²) < 4.78 is 11.7. The lowest BCUT2D eigenvalue weighted by Gasteiger charge is -2.36. The van der Waals surface area contributed by atoms with E-state index >= 15 is 0 Å². The van der Waals surface area contributed by atoms with E-state index < -0.39 is 0 Å². The van der Waals surface area contributed by atoms with E-state index in [1.807, 2.05) is 0 Å². The lowest BCUT2D eigenvalue weighted by atomic mass is 10.1. The zero-order valence-corrected chi connectivity index (χ0v) is 13.1. The number of piperazine rings is 1. The van der Waals surface area contributed by atoms with Crippen molar-refractivity contribution < 1.29 is 8.83 Å². The lowest BCUT2D eigenvalue weighted by Crippen LogP contribution is -2.53. The maximum absolute atomic E-state index is 5.67. The van der Waals surface area contributed by atoms with Gasteiger partial charge in [0.25, 0.3) is 5.89 Å². The van der Waals surface area contributed by atoms with Crippen molar-refractivity contribution in [1.29, 1.82) is 0 Å². The topological polar surface area (TPSA) is 67.3 Å². The summed E-state index contributed by atoms with van der Waals surface area (Å²) in [5.41, 5.74) is 0. The summed E-state index contributed by atoms with van der Waals surface area (Å²) in [6.45, 7) is 7.00. The molecular formula is C13H17BrN4O2. The predicted octanol–water partition coefficient (Wildman–Crippen LogP) is 2.27. The second kappa shape index (κ2) is 5.67. The Kier molecular flexibility index (Phi) is 3.91. The summed E-state index contributed by atoms with van der Waals surface area (Å²) in [7, 11) is 0. The van der Waals surface area contributed by atoms with Crippen molar-refractivity contribution in [2.75, 3.05) is 13.1 Å². The van der Waals surface area contributed by atoms with Gasteiger partial charge in [0.1, 0.15) is 0 Å². The Bertz CT molecular complexity index is 582. The van der Waals surface area contributed by atoms with Crippen molar-refractivity contribution in [3.05, 3.63) is 22.7 Å². The number of furan rings is 1. The van der Waals surface area contributed by atoms with E-state index in [4.69, 9.17) is 8.83 Å². The third-order valence-corrected chi connectivity index (χ3v) is 3.91. The molecule has 2 atom stereocenters. The normalized spacial score (nSPS) is 24.1. The van der Waals surface area contributed by atoms with Crippen LogP contribution in [-0.4, -0.2) is 40.3 Å². The molecule has 1 aliphatic heterocycles. The van der Waals surface area contributed by atoms with Crippen molar-refractivity contribution in [2.45, 2.75) is 32.5 Å². The molecule has 0 radical (unpaired) electrons. The highest BCUT2D eigenvalue weighted by molar-refractivity contribution is 9.10. The Morgan fingerprint density at radius 1 is 1.35 bits per heavy atom. The zero-order valence-electron chi connectivity index (χ0n) is 11.5. The number of nitrogens with one attached hydrogen (secondary N) is 1. The van der Waals surface area contributed by atoms with Crippen molar-refractivity contribution in [3.8, 4) is 11.7 Å². The Morgan fingerprint density at radius 2 is 2.20 bits per heavy atom. The molecule has 108 valence electrons. The first-order valence-corrected chi connectivity index (χ1v) is 7.46. The molecule has 1 fully saturated rings. The van der Waals surface area contributed by atoms with Crippen LogP contribution >= 0.6 is 15.9 Å². The van der Waals surface area contributed by atoms with Gasteiger partial charge in [-0.25, -0.2) is 0 Å². The van der Waals surface area contributed by atoms with E-state index in [9.17, 15) is 0 Å². The van der Waals surface area contributed by atoms with Crippen LogP contribution in [0.1, 0.15) is 19.7 Å². The SMILES string of the molecule is CC1CN(Cc2nnc(-c3ccc(Br)o3)o2)C(C)CN1. The zero-order chi connectivity index (χ0) is 14.1. The van der Waals surface area contributed by atoms with Gasteiger partial charge >= 0.3 is 0 Å². The number of rotatable bonds is 3. The maximum Gasteiger partial charge on any atom is 0.283 e. The Balaban J connectivity index is 1.70. The van der Waals surface area contributed by atoms with Crippen LogP contribution in [0.2, 0.25) is 0 Å². The lowest BCUT2D eigenvalue weighted by molar-refractivity contribution is 0.127. The molecule has 1 N–H and O–H groups in total. The molecule has 20 heavy (non-hydrogen) atoms. The average Bonchev–Trinajstić information content (AvgIpc) is 3.03. The molecule has 1 saturated heterocycles. The molecule has 6 nitrogen and oxygen atoms in total. The highest BCUT2D eigenvalue weighted by atomic mass is 79.9. The van der Waals surface area contributed by atoms with E-state index in [0.717, 1.165) is 13.1 Å². The van der Waals surface area contributed by atoms with Crippen molar-refractivity contribution in [2.24, 2.45) is 0 Å². The molecule has 2 aromatic rings. The standard InChI is InChI=1S/C13H17BrN4O2/c1-8-6-18(9(2)5-15-8)7-12-16-17-13(20-12)10-3-4-11(14)19-10/h3-4,8-9,15H,5-7H2,1-2H3. The van der Waals surface area contributed by atoms with Gasteiger partial charge in [-0.15, -0.1) is 10.2 Å². The van der Waals surface area contributed by atoms with Gasteiger partial charge in [-0.05, 0) is 41.9 Å². The van der Waals surface area contributed by atoms with Crippen LogP contribution in [0.5, 0.6) is 0 Å². The minimum Gasteiger partial charge on any atom is -0.444 e. The molecule has 7 heteroatoms. The highest BCUT2D eigenvalue weighted by Gasteiger charge is 2.24. The second-order valence-corrected chi connectivity index (χ2v) is 5.97. The number of nitrogens with zero attached hydrogens (tertiary/aromatic N) is 3. The molecule has 0 saturated carbocycles. The van der Waals surface area contributed by atoms with Gasteiger partial charge in [-0.3, -0.25) is 4.90 Å². The molecule has 0 spiro atoms. The minimum atomic E-state index is 0.418. The number of halogens is 1. The van der Waals surface area contributed by atoms with Crippen LogP contribution in [0, 0.1) is 0 Å². The third-order valence-electron chi connectivity index (χ3n) is 3.48. The van der Waals surface area contributed by atoms with E-state index in [1.165, 1.54) is 0 Å². The summed E-state index contributed by atoms with van der Waals surface area (Å²) in [6.07, 6.45) is 0. The molecule has 0 bridgehead atoms. The summed E-state index contributed by atoms with van der Waals surface area (Å²) in [5, 5.41) is 11.6. The van der Waals surface area contributed by atoms with Crippen LogP contribution in [0.25, 0.3) is 11.7 Å². The molecular weight excluding hydrogens is 324 g/mol. The fourth-order valence-electron chi connectivity index (χ4n) is 2.34.